The molecule has 21 heavy (non-hydrogen) atoms. The molecule has 116 valence electrons. The number of benzene rings is 1. The lowest BCUT2D eigenvalue weighted by atomic mass is 10.1. The van der Waals surface area contributed by atoms with Crippen molar-refractivity contribution >= 4 is 15.5 Å². The van der Waals surface area contributed by atoms with Crippen LogP contribution < -0.4 is 4.90 Å². The van der Waals surface area contributed by atoms with Crippen molar-refractivity contribution in [3.05, 3.63) is 24.3 Å². The third-order valence-electron chi connectivity index (χ3n) is 4.79. The summed E-state index contributed by atoms with van der Waals surface area (Å²) in [5.74, 6) is 0. The molecule has 0 bridgehead atoms. The van der Waals surface area contributed by atoms with Crippen LogP contribution in [0.1, 0.15) is 25.7 Å². The van der Waals surface area contributed by atoms with Gasteiger partial charge in [-0.3, -0.25) is 4.90 Å². The van der Waals surface area contributed by atoms with Crippen molar-refractivity contribution in [3.63, 3.8) is 0 Å². The van der Waals surface area contributed by atoms with Crippen LogP contribution in [0.2, 0.25) is 0 Å². The third-order valence-corrected chi connectivity index (χ3v) is 5.91. The largest absolute Gasteiger partial charge is 0.369 e. The minimum Gasteiger partial charge on any atom is -0.369 e. The molecule has 1 aliphatic carbocycles. The zero-order valence-corrected chi connectivity index (χ0v) is 13.5. The van der Waals surface area contributed by atoms with Crippen molar-refractivity contribution < 1.29 is 8.42 Å². The van der Waals surface area contributed by atoms with Crippen molar-refractivity contribution in [2.24, 2.45) is 0 Å². The van der Waals surface area contributed by atoms with Gasteiger partial charge in [0.05, 0.1) is 4.90 Å². The first-order valence-electron chi connectivity index (χ1n) is 7.83. The summed E-state index contributed by atoms with van der Waals surface area (Å²) < 4.78 is 23.0. The van der Waals surface area contributed by atoms with E-state index in [1.807, 2.05) is 12.1 Å². The van der Waals surface area contributed by atoms with Crippen LogP contribution in [-0.4, -0.2) is 51.8 Å². The third kappa shape index (κ3) is 3.40. The fourth-order valence-corrected chi connectivity index (χ4v) is 4.15. The summed E-state index contributed by atoms with van der Waals surface area (Å²) in [5.41, 5.74) is 1.13. The monoisotopic (exact) mass is 308 g/mol. The van der Waals surface area contributed by atoms with Crippen LogP contribution >= 0.6 is 0 Å². The summed E-state index contributed by atoms with van der Waals surface area (Å²) >= 11 is 0. The van der Waals surface area contributed by atoms with Crippen molar-refractivity contribution in [1.82, 2.24) is 4.90 Å². The van der Waals surface area contributed by atoms with Gasteiger partial charge in [0, 0.05) is 44.2 Å². The predicted molar refractivity (Wildman–Crippen MR) is 85.6 cm³/mol. The predicted octanol–water partition coefficient (Wildman–Crippen LogP) is 2.15. The van der Waals surface area contributed by atoms with E-state index in [2.05, 4.69) is 9.80 Å². The lowest BCUT2D eigenvalue weighted by Crippen LogP contribution is -2.49. The standard InChI is InChI=1S/C16H24N2O2S/c1-21(19,20)16-8-6-15(7-9-16)18-12-10-17(11-13-18)14-4-2-3-5-14/h6-9,14H,2-5,10-13H2,1H3. The smallest absolute Gasteiger partial charge is 0.175 e. The van der Waals surface area contributed by atoms with Gasteiger partial charge in [0.1, 0.15) is 0 Å². The van der Waals surface area contributed by atoms with Gasteiger partial charge in [-0.25, -0.2) is 8.42 Å². The molecule has 5 heteroatoms. The molecule has 0 spiro atoms. The van der Waals surface area contributed by atoms with Crippen LogP contribution in [-0.2, 0) is 9.84 Å². The van der Waals surface area contributed by atoms with Gasteiger partial charge < -0.3 is 4.90 Å². The zero-order valence-electron chi connectivity index (χ0n) is 12.7. The maximum Gasteiger partial charge on any atom is 0.175 e. The average Bonchev–Trinajstić information content (AvgIpc) is 3.01. The normalized spacial score (nSPS) is 21.9. The Bertz CT molecular complexity index is 569. The van der Waals surface area contributed by atoms with Gasteiger partial charge in [-0.2, -0.15) is 0 Å². The Labute approximate surface area is 127 Å². The maximum absolute atomic E-state index is 11.5. The number of nitrogens with zero attached hydrogens (tertiary/aromatic N) is 2. The van der Waals surface area contributed by atoms with Crippen LogP contribution in [0.15, 0.2) is 29.2 Å². The summed E-state index contributed by atoms with van der Waals surface area (Å²) in [6, 6.07) is 8.10. The topological polar surface area (TPSA) is 40.6 Å². The Morgan fingerprint density at radius 1 is 0.952 bits per heavy atom. The number of hydrogen-bond acceptors (Lipinski definition) is 4. The Balaban J connectivity index is 1.61. The molecule has 1 saturated heterocycles. The quantitative estimate of drug-likeness (QED) is 0.858. The van der Waals surface area contributed by atoms with E-state index >= 15 is 0 Å². The van der Waals surface area contributed by atoms with Gasteiger partial charge in [-0.15, -0.1) is 0 Å². The molecule has 0 amide bonds. The van der Waals surface area contributed by atoms with E-state index in [-0.39, 0.29) is 0 Å². The Morgan fingerprint density at radius 3 is 2.05 bits per heavy atom. The lowest BCUT2D eigenvalue weighted by Gasteiger charge is -2.39. The summed E-state index contributed by atoms with van der Waals surface area (Å²) in [6.45, 7) is 4.32. The molecule has 2 aliphatic rings. The van der Waals surface area contributed by atoms with Crippen molar-refractivity contribution in [1.29, 1.82) is 0 Å². The summed E-state index contributed by atoms with van der Waals surface area (Å²) in [4.78, 5) is 5.39. The van der Waals surface area contributed by atoms with Crippen LogP contribution in [0.5, 0.6) is 0 Å². The van der Waals surface area contributed by atoms with E-state index in [4.69, 9.17) is 0 Å². The average molecular weight is 308 g/mol. The van der Waals surface area contributed by atoms with Crippen LogP contribution in [0.4, 0.5) is 5.69 Å². The molecule has 0 aromatic heterocycles. The molecule has 4 nitrogen and oxygen atoms in total. The molecule has 1 aromatic carbocycles. The first-order valence-corrected chi connectivity index (χ1v) is 9.72. The van der Waals surface area contributed by atoms with Crippen LogP contribution in [0, 0.1) is 0 Å². The van der Waals surface area contributed by atoms with Gasteiger partial charge in [0.2, 0.25) is 0 Å². The first kappa shape index (κ1) is 14.9. The Morgan fingerprint density at radius 2 is 1.52 bits per heavy atom. The van der Waals surface area contributed by atoms with E-state index in [0.29, 0.717) is 4.90 Å². The first-order chi connectivity index (χ1) is 10.0. The zero-order chi connectivity index (χ0) is 14.9. The molecule has 2 fully saturated rings. The summed E-state index contributed by atoms with van der Waals surface area (Å²) in [5, 5.41) is 0. The highest BCUT2D eigenvalue weighted by atomic mass is 32.2. The molecule has 0 unspecified atom stereocenters. The van der Waals surface area contributed by atoms with Crippen LogP contribution in [0.3, 0.4) is 0 Å². The van der Waals surface area contributed by atoms with Crippen molar-refractivity contribution in [2.45, 2.75) is 36.6 Å². The molecule has 1 saturated carbocycles. The summed E-state index contributed by atoms with van der Waals surface area (Å²) in [6.07, 6.45) is 6.75. The number of rotatable bonds is 3. The second-order valence-corrected chi connectivity index (χ2v) is 8.24. The second-order valence-electron chi connectivity index (χ2n) is 6.23. The SMILES string of the molecule is CS(=O)(=O)c1ccc(N2CCN(C3CCCC3)CC2)cc1. The van der Waals surface area contributed by atoms with Gasteiger partial charge in [-0.05, 0) is 37.1 Å². The van der Waals surface area contributed by atoms with Gasteiger partial charge in [-0.1, -0.05) is 12.8 Å². The van der Waals surface area contributed by atoms with E-state index in [9.17, 15) is 8.42 Å². The minimum absolute atomic E-state index is 0.399. The number of piperazine rings is 1. The number of hydrogen-bond donors (Lipinski definition) is 0. The summed E-state index contributed by atoms with van der Waals surface area (Å²) in [7, 11) is -3.10. The molecule has 0 radical (unpaired) electrons. The minimum atomic E-state index is -3.10. The van der Waals surface area contributed by atoms with E-state index in [1.165, 1.54) is 31.9 Å². The molecule has 3 rings (SSSR count). The molecular weight excluding hydrogens is 284 g/mol. The van der Waals surface area contributed by atoms with Gasteiger partial charge >= 0.3 is 0 Å². The fraction of sp³-hybridized carbons (Fsp3) is 0.625. The number of sulfone groups is 1. The molecule has 1 heterocycles. The molecule has 0 atom stereocenters. The molecule has 1 aliphatic heterocycles. The maximum atomic E-state index is 11.5. The lowest BCUT2D eigenvalue weighted by molar-refractivity contribution is 0.187. The Hall–Kier alpha value is -1.07. The fourth-order valence-electron chi connectivity index (χ4n) is 3.52. The van der Waals surface area contributed by atoms with E-state index in [0.717, 1.165) is 37.9 Å². The highest BCUT2D eigenvalue weighted by Crippen LogP contribution is 2.26. The molecule has 0 N–H and O–H groups in total. The van der Waals surface area contributed by atoms with Gasteiger partial charge in [0.15, 0.2) is 9.84 Å². The van der Waals surface area contributed by atoms with Crippen molar-refractivity contribution in [3.8, 4) is 0 Å². The Kier molecular flexibility index (Phi) is 4.22. The van der Waals surface area contributed by atoms with Crippen molar-refractivity contribution in [2.75, 3.05) is 37.3 Å². The second kappa shape index (κ2) is 5.97. The number of anilines is 1. The highest BCUT2D eigenvalue weighted by molar-refractivity contribution is 7.90. The van der Waals surface area contributed by atoms with E-state index in [1.54, 1.807) is 12.1 Å². The van der Waals surface area contributed by atoms with Gasteiger partial charge in [0.25, 0.3) is 0 Å². The molecular formula is C16H24N2O2S. The molecule has 1 aromatic rings. The van der Waals surface area contributed by atoms with E-state index < -0.39 is 9.84 Å². The highest BCUT2D eigenvalue weighted by Gasteiger charge is 2.26. The van der Waals surface area contributed by atoms with Crippen LogP contribution in [0.25, 0.3) is 0 Å².